The molecule has 1 saturated heterocycles. The van der Waals surface area contributed by atoms with E-state index in [0.29, 0.717) is 6.04 Å². The first-order valence-electron chi connectivity index (χ1n) is 6.17. The van der Waals surface area contributed by atoms with Crippen molar-refractivity contribution in [3.05, 3.63) is 0 Å². The summed E-state index contributed by atoms with van der Waals surface area (Å²) in [6, 6.07) is 0.693. The first-order chi connectivity index (χ1) is 7.87. The molecule has 5 heteroatoms. The SMILES string of the molecule is CC(CNC1CCSC1)NC(=O)OC(C)(C)C. The smallest absolute Gasteiger partial charge is 0.407 e. The van der Waals surface area contributed by atoms with E-state index in [1.165, 1.54) is 17.9 Å². The first kappa shape index (κ1) is 14.6. The lowest BCUT2D eigenvalue weighted by Crippen LogP contribution is -2.44. The van der Waals surface area contributed by atoms with Gasteiger partial charge in [0.05, 0.1) is 0 Å². The topological polar surface area (TPSA) is 50.4 Å². The molecule has 4 nitrogen and oxygen atoms in total. The summed E-state index contributed by atoms with van der Waals surface area (Å²) in [6.45, 7) is 8.38. The van der Waals surface area contributed by atoms with E-state index in [0.717, 1.165) is 6.54 Å². The summed E-state index contributed by atoms with van der Waals surface area (Å²) in [4.78, 5) is 11.5. The average Bonchev–Trinajstić information content (AvgIpc) is 2.63. The molecule has 0 saturated carbocycles. The van der Waals surface area contributed by atoms with Crippen molar-refractivity contribution in [1.29, 1.82) is 0 Å². The molecule has 1 fully saturated rings. The number of nitrogens with one attached hydrogen (secondary N) is 2. The van der Waals surface area contributed by atoms with Crippen molar-refractivity contribution in [1.82, 2.24) is 10.6 Å². The van der Waals surface area contributed by atoms with Crippen LogP contribution in [-0.2, 0) is 4.74 Å². The Morgan fingerprint density at radius 2 is 2.24 bits per heavy atom. The third-order valence-electron chi connectivity index (χ3n) is 2.41. The monoisotopic (exact) mass is 260 g/mol. The minimum atomic E-state index is -0.431. The molecule has 1 aliphatic heterocycles. The lowest BCUT2D eigenvalue weighted by molar-refractivity contribution is 0.0508. The molecule has 1 rings (SSSR count). The van der Waals surface area contributed by atoms with Crippen molar-refractivity contribution in [2.24, 2.45) is 0 Å². The Labute approximate surface area is 108 Å². The Balaban J connectivity index is 2.15. The van der Waals surface area contributed by atoms with Crippen molar-refractivity contribution >= 4 is 17.9 Å². The van der Waals surface area contributed by atoms with E-state index in [2.05, 4.69) is 10.6 Å². The van der Waals surface area contributed by atoms with Crippen molar-refractivity contribution in [3.63, 3.8) is 0 Å². The molecule has 17 heavy (non-hydrogen) atoms. The highest BCUT2D eigenvalue weighted by atomic mass is 32.2. The molecule has 2 N–H and O–H groups in total. The average molecular weight is 260 g/mol. The quantitative estimate of drug-likeness (QED) is 0.811. The van der Waals surface area contributed by atoms with E-state index in [1.807, 2.05) is 39.5 Å². The number of thioether (sulfide) groups is 1. The zero-order valence-corrected chi connectivity index (χ0v) is 12.0. The van der Waals surface area contributed by atoms with E-state index >= 15 is 0 Å². The van der Waals surface area contributed by atoms with Crippen molar-refractivity contribution in [2.75, 3.05) is 18.1 Å². The van der Waals surface area contributed by atoms with Crippen LogP contribution in [0.5, 0.6) is 0 Å². The molecule has 100 valence electrons. The standard InChI is InChI=1S/C12H24N2O2S/c1-9(7-13-10-5-6-17-8-10)14-11(15)16-12(2,3)4/h9-10,13H,5-8H2,1-4H3,(H,14,15). The second-order valence-corrected chi connectivity index (χ2v) is 6.67. The van der Waals surface area contributed by atoms with Crippen LogP contribution in [0.1, 0.15) is 34.1 Å². The van der Waals surface area contributed by atoms with Gasteiger partial charge in [-0.15, -0.1) is 0 Å². The zero-order valence-electron chi connectivity index (χ0n) is 11.2. The van der Waals surface area contributed by atoms with E-state index in [1.54, 1.807) is 0 Å². The maximum atomic E-state index is 11.5. The summed E-state index contributed by atoms with van der Waals surface area (Å²) < 4.78 is 5.20. The Morgan fingerprint density at radius 3 is 2.76 bits per heavy atom. The minimum absolute atomic E-state index is 0.0930. The van der Waals surface area contributed by atoms with Crippen LogP contribution in [0.25, 0.3) is 0 Å². The molecule has 0 radical (unpaired) electrons. The van der Waals surface area contributed by atoms with Crippen LogP contribution in [0.15, 0.2) is 0 Å². The highest BCUT2D eigenvalue weighted by molar-refractivity contribution is 7.99. The molecular weight excluding hydrogens is 236 g/mol. The zero-order chi connectivity index (χ0) is 12.9. The van der Waals surface area contributed by atoms with Gasteiger partial charge in [-0.05, 0) is 39.9 Å². The van der Waals surface area contributed by atoms with E-state index in [-0.39, 0.29) is 12.1 Å². The summed E-state index contributed by atoms with van der Waals surface area (Å²) in [5.41, 5.74) is -0.431. The molecule has 0 spiro atoms. The van der Waals surface area contributed by atoms with Gasteiger partial charge in [0.1, 0.15) is 5.60 Å². The molecule has 0 aromatic carbocycles. The lowest BCUT2D eigenvalue weighted by Gasteiger charge is -2.22. The van der Waals surface area contributed by atoms with Gasteiger partial charge in [0, 0.05) is 24.4 Å². The maximum absolute atomic E-state index is 11.5. The van der Waals surface area contributed by atoms with Crippen LogP contribution in [0.4, 0.5) is 4.79 Å². The summed E-state index contributed by atoms with van der Waals surface area (Å²) >= 11 is 1.98. The predicted molar refractivity (Wildman–Crippen MR) is 72.6 cm³/mol. The van der Waals surface area contributed by atoms with Crippen LogP contribution in [0.3, 0.4) is 0 Å². The molecule has 1 aliphatic rings. The minimum Gasteiger partial charge on any atom is -0.444 e. The summed E-state index contributed by atoms with van der Waals surface area (Å²) in [5.74, 6) is 2.42. The fraction of sp³-hybridized carbons (Fsp3) is 0.917. The number of amides is 1. The molecule has 0 aliphatic carbocycles. The summed E-state index contributed by atoms with van der Waals surface area (Å²) in [6.07, 6.45) is 0.886. The number of carbonyl (C=O) groups excluding carboxylic acids is 1. The Kier molecular flexibility index (Phi) is 5.59. The first-order valence-corrected chi connectivity index (χ1v) is 7.33. The number of carbonyl (C=O) groups is 1. The Bertz CT molecular complexity index is 247. The molecule has 2 atom stereocenters. The van der Waals surface area contributed by atoms with Gasteiger partial charge in [-0.25, -0.2) is 4.79 Å². The van der Waals surface area contributed by atoms with E-state index in [4.69, 9.17) is 4.74 Å². The van der Waals surface area contributed by atoms with Gasteiger partial charge in [-0.3, -0.25) is 0 Å². The molecular formula is C12H24N2O2S. The Hall–Kier alpha value is -0.420. The van der Waals surface area contributed by atoms with Crippen molar-refractivity contribution in [3.8, 4) is 0 Å². The predicted octanol–water partition coefficient (Wildman–Crippen LogP) is 1.99. The molecule has 2 unspecified atom stereocenters. The number of hydrogen-bond donors (Lipinski definition) is 2. The second-order valence-electron chi connectivity index (χ2n) is 5.52. The van der Waals surface area contributed by atoms with Crippen LogP contribution >= 0.6 is 11.8 Å². The molecule has 0 aromatic heterocycles. The van der Waals surface area contributed by atoms with Crippen LogP contribution in [0, 0.1) is 0 Å². The normalized spacial score (nSPS) is 22.2. The molecule has 1 amide bonds. The van der Waals surface area contributed by atoms with Crippen LogP contribution in [-0.4, -0.2) is 41.8 Å². The Morgan fingerprint density at radius 1 is 1.53 bits per heavy atom. The van der Waals surface area contributed by atoms with Crippen molar-refractivity contribution < 1.29 is 9.53 Å². The van der Waals surface area contributed by atoms with E-state index in [9.17, 15) is 4.79 Å². The number of alkyl carbamates (subject to hydrolysis) is 1. The van der Waals surface area contributed by atoms with E-state index < -0.39 is 5.60 Å². The van der Waals surface area contributed by atoms with Crippen LogP contribution < -0.4 is 10.6 Å². The molecule has 1 heterocycles. The highest BCUT2D eigenvalue weighted by Gasteiger charge is 2.19. The number of ether oxygens (including phenoxy) is 1. The van der Waals surface area contributed by atoms with Gasteiger partial charge in [-0.1, -0.05) is 0 Å². The fourth-order valence-electron chi connectivity index (χ4n) is 1.60. The highest BCUT2D eigenvalue weighted by Crippen LogP contribution is 2.16. The number of rotatable bonds is 4. The van der Waals surface area contributed by atoms with Gasteiger partial charge in [0.25, 0.3) is 0 Å². The third kappa shape index (κ3) is 6.78. The second kappa shape index (κ2) is 6.50. The van der Waals surface area contributed by atoms with Gasteiger partial charge in [-0.2, -0.15) is 11.8 Å². The molecule has 0 aromatic rings. The summed E-state index contributed by atoms with van der Waals surface area (Å²) in [5, 5.41) is 6.29. The summed E-state index contributed by atoms with van der Waals surface area (Å²) in [7, 11) is 0. The van der Waals surface area contributed by atoms with Crippen LogP contribution in [0.2, 0.25) is 0 Å². The van der Waals surface area contributed by atoms with Gasteiger partial charge in [0.15, 0.2) is 0 Å². The van der Waals surface area contributed by atoms with Gasteiger partial charge in [0.2, 0.25) is 0 Å². The third-order valence-corrected chi connectivity index (χ3v) is 3.57. The maximum Gasteiger partial charge on any atom is 0.407 e. The van der Waals surface area contributed by atoms with Gasteiger partial charge >= 0.3 is 6.09 Å². The fourth-order valence-corrected chi connectivity index (χ4v) is 2.79. The molecule has 0 bridgehead atoms. The lowest BCUT2D eigenvalue weighted by atomic mass is 10.2. The largest absolute Gasteiger partial charge is 0.444 e. The van der Waals surface area contributed by atoms with Gasteiger partial charge < -0.3 is 15.4 Å². The van der Waals surface area contributed by atoms with Crippen molar-refractivity contribution in [2.45, 2.75) is 51.8 Å². The number of hydrogen-bond acceptors (Lipinski definition) is 4.